The van der Waals surface area contributed by atoms with Crippen LogP contribution in [0.1, 0.15) is 13.3 Å². The molecule has 0 saturated carbocycles. The number of carbonyl (C=O) groups is 3. The van der Waals surface area contributed by atoms with Gasteiger partial charge in [-0.05, 0) is 6.92 Å². The third kappa shape index (κ3) is 19.8. The minimum atomic E-state index is -1.26. The first kappa shape index (κ1) is 20.6. The third-order valence-electron chi connectivity index (χ3n) is 1.57. The number of nitrogens with two attached hydrogens (primary N) is 1. The summed E-state index contributed by atoms with van der Waals surface area (Å²) in [5, 5.41) is 27.0. The van der Waals surface area contributed by atoms with Gasteiger partial charge in [0.2, 0.25) is 5.91 Å². The number of carboxylic acid groups (broad SMARTS) is 2. The average Bonchev–Trinajstić information content (AvgIpc) is 2.33. The standard InChI is InChI=1S/C6H13N3O4.C4H4O4/c1-5(13-9(11)12)4-6(10)8-3-2-7;5-3(6)1-2-4(7)8/h5H,2-4,7H2,1H3,(H,8,10);1-2H,(H,5,6)(H,7,8). The molecule has 1 atom stereocenters. The van der Waals surface area contributed by atoms with Crippen LogP contribution in [0.4, 0.5) is 0 Å². The molecule has 0 rings (SSSR count). The number of rotatable bonds is 8. The summed E-state index contributed by atoms with van der Waals surface area (Å²) in [5.74, 6) is -2.82. The van der Waals surface area contributed by atoms with Gasteiger partial charge in [0.15, 0.2) is 0 Å². The molecule has 0 bridgehead atoms. The van der Waals surface area contributed by atoms with Crippen molar-refractivity contribution >= 4 is 17.8 Å². The monoisotopic (exact) mass is 307 g/mol. The van der Waals surface area contributed by atoms with Gasteiger partial charge >= 0.3 is 11.9 Å². The van der Waals surface area contributed by atoms with Gasteiger partial charge in [-0.15, -0.1) is 10.1 Å². The summed E-state index contributed by atoms with van der Waals surface area (Å²) in [5.41, 5.74) is 5.13. The van der Waals surface area contributed by atoms with Crippen molar-refractivity contribution < 1.29 is 34.5 Å². The van der Waals surface area contributed by atoms with Crippen LogP contribution < -0.4 is 11.1 Å². The summed E-state index contributed by atoms with van der Waals surface area (Å²) in [6.07, 6.45) is 0.346. The van der Waals surface area contributed by atoms with Crippen LogP contribution in [0, 0.1) is 10.1 Å². The zero-order valence-electron chi connectivity index (χ0n) is 11.2. The number of hydrogen-bond donors (Lipinski definition) is 4. The second-order valence-electron chi connectivity index (χ2n) is 3.49. The number of hydrogen-bond acceptors (Lipinski definition) is 7. The Morgan fingerprint density at radius 3 is 2.14 bits per heavy atom. The van der Waals surface area contributed by atoms with Gasteiger partial charge in [-0.25, -0.2) is 9.59 Å². The first-order chi connectivity index (χ1) is 9.68. The Bertz CT molecular complexity index is 380. The number of amides is 1. The number of carbonyl (C=O) groups excluding carboxylic acids is 1. The fraction of sp³-hybridized carbons (Fsp3) is 0.500. The Morgan fingerprint density at radius 2 is 1.81 bits per heavy atom. The minimum absolute atomic E-state index is 0.0407. The second-order valence-corrected chi connectivity index (χ2v) is 3.49. The predicted octanol–water partition coefficient (Wildman–Crippen LogP) is -1.24. The van der Waals surface area contributed by atoms with Gasteiger partial charge in [0.05, 0.1) is 6.42 Å². The van der Waals surface area contributed by atoms with Crippen LogP contribution >= 0.6 is 0 Å². The van der Waals surface area contributed by atoms with E-state index in [1.54, 1.807) is 0 Å². The normalized spacial score (nSPS) is 11.0. The molecule has 0 aromatic carbocycles. The lowest BCUT2D eigenvalue weighted by Gasteiger charge is -2.08. The molecule has 0 saturated heterocycles. The van der Waals surface area contributed by atoms with Gasteiger partial charge in [0, 0.05) is 25.2 Å². The molecule has 11 nitrogen and oxygen atoms in total. The smallest absolute Gasteiger partial charge is 0.328 e. The zero-order chi connectivity index (χ0) is 16.8. The molecule has 11 heteroatoms. The van der Waals surface area contributed by atoms with E-state index in [1.165, 1.54) is 6.92 Å². The third-order valence-corrected chi connectivity index (χ3v) is 1.57. The first-order valence-electron chi connectivity index (χ1n) is 5.60. The molecule has 0 aromatic heterocycles. The summed E-state index contributed by atoms with van der Waals surface area (Å²) in [6.45, 7) is 2.16. The number of aliphatic carboxylic acids is 2. The number of nitrogens with one attached hydrogen (secondary N) is 1. The van der Waals surface area contributed by atoms with Crippen molar-refractivity contribution in [2.45, 2.75) is 19.4 Å². The molecule has 0 heterocycles. The van der Waals surface area contributed by atoms with Gasteiger partial charge in [-0.1, -0.05) is 0 Å². The van der Waals surface area contributed by atoms with E-state index in [4.69, 9.17) is 15.9 Å². The van der Waals surface area contributed by atoms with E-state index < -0.39 is 23.1 Å². The Labute approximate surface area is 119 Å². The highest BCUT2D eigenvalue weighted by Gasteiger charge is 2.11. The molecule has 5 N–H and O–H groups in total. The number of nitrogens with zero attached hydrogens (tertiary/aromatic N) is 1. The zero-order valence-corrected chi connectivity index (χ0v) is 11.2. The molecule has 0 fully saturated rings. The van der Waals surface area contributed by atoms with E-state index in [-0.39, 0.29) is 12.3 Å². The van der Waals surface area contributed by atoms with Crippen LogP contribution in [0.2, 0.25) is 0 Å². The largest absolute Gasteiger partial charge is 0.478 e. The van der Waals surface area contributed by atoms with Crippen molar-refractivity contribution in [1.82, 2.24) is 5.32 Å². The van der Waals surface area contributed by atoms with Crippen molar-refractivity contribution in [2.75, 3.05) is 13.1 Å². The summed E-state index contributed by atoms with van der Waals surface area (Å²) in [4.78, 5) is 44.0. The lowest BCUT2D eigenvalue weighted by Crippen LogP contribution is -2.32. The summed E-state index contributed by atoms with van der Waals surface area (Å²) < 4.78 is 0. The molecule has 21 heavy (non-hydrogen) atoms. The van der Waals surface area contributed by atoms with Crippen LogP contribution in [0.3, 0.4) is 0 Å². The lowest BCUT2D eigenvalue weighted by molar-refractivity contribution is -0.767. The van der Waals surface area contributed by atoms with Gasteiger partial charge < -0.3 is 26.1 Å². The lowest BCUT2D eigenvalue weighted by atomic mass is 10.3. The fourth-order valence-electron chi connectivity index (χ4n) is 0.872. The van der Waals surface area contributed by atoms with Gasteiger partial charge in [-0.2, -0.15) is 0 Å². The van der Waals surface area contributed by atoms with E-state index in [2.05, 4.69) is 10.2 Å². The maximum Gasteiger partial charge on any atom is 0.328 e. The first-order valence-corrected chi connectivity index (χ1v) is 5.60. The minimum Gasteiger partial charge on any atom is -0.478 e. The second kappa shape index (κ2) is 12.3. The summed E-state index contributed by atoms with van der Waals surface area (Å²) in [7, 11) is 0. The van der Waals surface area contributed by atoms with E-state index in [0.717, 1.165) is 0 Å². The van der Waals surface area contributed by atoms with Crippen LogP contribution in [0.25, 0.3) is 0 Å². The van der Waals surface area contributed by atoms with Crippen molar-refractivity contribution in [3.63, 3.8) is 0 Å². The quantitative estimate of drug-likeness (QED) is 0.242. The van der Waals surface area contributed by atoms with Gasteiger partial charge in [0.25, 0.3) is 5.09 Å². The highest BCUT2D eigenvalue weighted by Crippen LogP contribution is 1.96. The summed E-state index contributed by atoms with van der Waals surface area (Å²) >= 11 is 0. The molecule has 0 aliphatic carbocycles. The topological polar surface area (TPSA) is 182 Å². The Hall–Kier alpha value is -2.69. The van der Waals surface area contributed by atoms with E-state index in [9.17, 15) is 24.5 Å². The maximum absolute atomic E-state index is 10.9. The molecule has 120 valence electrons. The van der Waals surface area contributed by atoms with Crippen molar-refractivity contribution in [3.8, 4) is 0 Å². The molecule has 0 radical (unpaired) electrons. The Kier molecular flexibility index (Phi) is 12.1. The Morgan fingerprint density at radius 1 is 1.33 bits per heavy atom. The van der Waals surface area contributed by atoms with Crippen LogP contribution in [0.15, 0.2) is 12.2 Å². The maximum atomic E-state index is 10.9. The van der Waals surface area contributed by atoms with E-state index in [0.29, 0.717) is 25.2 Å². The average molecular weight is 307 g/mol. The molecule has 0 aliphatic heterocycles. The predicted molar refractivity (Wildman–Crippen MR) is 68.6 cm³/mol. The molecular weight excluding hydrogens is 290 g/mol. The molecule has 0 aromatic rings. The highest BCUT2D eigenvalue weighted by atomic mass is 17.0. The molecule has 0 aliphatic rings. The van der Waals surface area contributed by atoms with Crippen molar-refractivity contribution in [1.29, 1.82) is 0 Å². The van der Waals surface area contributed by atoms with Gasteiger partial charge in [-0.3, -0.25) is 4.79 Å². The Balaban J connectivity index is 0. The molecule has 1 unspecified atom stereocenters. The molecule has 0 spiro atoms. The van der Waals surface area contributed by atoms with Crippen LogP contribution in [-0.2, 0) is 19.2 Å². The molecular formula is C10H17N3O8. The van der Waals surface area contributed by atoms with Gasteiger partial charge in [0.1, 0.15) is 6.10 Å². The van der Waals surface area contributed by atoms with Crippen molar-refractivity contribution in [3.05, 3.63) is 22.3 Å². The van der Waals surface area contributed by atoms with Crippen molar-refractivity contribution in [2.24, 2.45) is 5.73 Å². The fourth-order valence-corrected chi connectivity index (χ4v) is 0.872. The summed E-state index contributed by atoms with van der Waals surface area (Å²) in [6, 6.07) is 0. The van der Waals surface area contributed by atoms with E-state index in [1.807, 2.05) is 0 Å². The molecule has 1 amide bonds. The van der Waals surface area contributed by atoms with Crippen LogP contribution in [-0.4, -0.2) is 52.3 Å². The van der Waals surface area contributed by atoms with E-state index >= 15 is 0 Å². The highest BCUT2D eigenvalue weighted by molar-refractivity contribution is 5.89. The van der Waals surface area contributed by atoms with Crippen LogP contribution in [0.5, 0.6) is 0 Å². The SMILES string of the molecule is CC(CC(=O)NCCN)O[N+](=O)[O-].O=C(O)C=CC(=O)O. The number of carboxylic acids is 2.